The summed E-state index contributed by atoms with van der Waals surface area (Å²) in [5, 5.41) is 14.0. The van der Waals surface area contributed by atoms with Crippen LogP contribution >= 0.6 is 35.4 Å². The Labute approximate surface area is 133 Å². The lowest BCUT2D eigenvalue weighted by atomic mass is 10.3. The van der Waals surface area contributed by atoms with Crippen molar-refractivity contribution in [2.75, 3.05) is 0 Å². The van der Waals surface area contributed by atoms with E-state index >= 15 is 0 Å². The first-order valence-corrected chi connectivity index (χ1v) is 6.91. The van der Waals surface area contributed by atoms with Crippen LogP contribution in [0.5, 0.6) is 0 Å². The Bertz CT molecular complexity index is 889. The van der Waals surface area contributed by atoms with Gasteiger partial charge in [-0.25, -0.2) is 5.10 Å². The molecule has 0 aliphatic carbocycles. The van der Waals surface area contributed by atoms with Crippen molar-refractivity contribution in [2.45, 2.75) is 0 Å². The van der Waals surface area contributed by atoms with Gasteiger partial charge in [-0.15, -0.1) is 0 Å². The molecule has 0 atom stereocenters. The molecule has 2 N–H and O–H groups in total. The SMILES string of the molecule is O=c1ccc(-c2n[nH]c(=S)n2-c2cc(Cl)cc(Cl)c2)n[nH]1. The van der Waals surface area contributed by atoms with Crippen molar-refractivity contribution in [1.82, 2.24) is 25.0 Å². The number of halogens is 2. The summed E-state index contributed by atoms with van der Waals surface area (Å²) >= 11 is 17.3. The van der Waals surface area contributed by atoms with Crippen LogP contribution in [0.4, 0.5) is 0 Å². The van der Waals surface area contributed by atoms with Crippen molar-refractivity contribution in [3.8, 4) is 17.2 Å². The Balaban J connectivity index is 2.24. The Hall–Kier alpha value is -1.96. The minimum atomic E-state index is -0.301. The molecule has 1 aromatic carbocycles. The molecule has 3 rings (SSSR count). The molecule has 3 aromatic rings. The van der Waals surface area contributed by atoms with E-state index in [-0.39, 0.29) is 5.56 Å². The van der Waals surface area contributed by atoms with Gasteiger partial charge < -0.3 is 0 Å². The fourth-order valence-corrected chi connectivity index (χ4v) is 2.60. The topological polar surface area (TPSA) is 79.4 Å². The van der Waals surface area contributed by atoms with Gasteiger partial charge in [0.2, 0.25) is 0 Å². The highest BCUT2D eigenvalue weighted by molar-refractivity contribution is 7.71. The van der Waals surface area contributed by atoms with Crippen molar-refractivity contribution in [3.63, 3.8) is 0 Å². The monoisotopic (exact) mass is 339 g/mol. The van der Waals surface area contributed by atoms with Gasteiger partial charge in [0, 0.05) is 16.1 Å². The van der Waals surface area contributed by atoms with Crippen LogP contribution < -0.4 is 5.56 Å². The highest BCUT2D eigenvalue weighted by atomic mass is 35.5. The summed E-state index contributed by atoms with van der Waals surface area (Å²) < 4.78 is 1.99. The number of hydrogen-bond donors (Lipinski definition) is 2. The average molecular weight is 340 g/mol. The molecule has 2 heterocycles. The number of H-pyrrole nitrogens is 2. The van der Waals surface area contributed by atoms with Crippen LogP contribution in [0.2, 0.25) is 10.0 Å². The predicted molar refractivity (Wildman–Crippen MR) is 82.6 cm³/mol. The molecular formula is C12H7Cl2N5OS. The van der Waals surface area contributed by atoms with Gasteiger partial charge >= 0.3 is 0 Å². The molecule has 0 saturated carbocycles. The van der Waals surface area contributed by atoms with Gasteiger partial charge in [0.15, 0.2) is 10.6 Å². The second-order valence-corrected chi connectivity index (χ2v) is 5.38. The molecule has 0 bridgehead atoms. The largest absolute Gasteiger partial charge is 0.268 e. The van der Waals surface area contributed by atoms with Crippen molar-refractivity contribution in [2.24, 2.45) is 0 Å². The normalized spacial score (nSPS) is 10.8. The summed E-state index contributed by atoms with van der Waals surface area (Å²) in [6.45, 7) is 0. The van der Waals surface area contributed by atoms with Crippen LogP contribution in [0.3, 0.4) is 0 Å². The van der Waals surface area contributed by atoms with E-state index in [1.54, 1.807) is 28.8 Å². The Morgan fingerprint density at radius 2 is 1.76 bits per heavy atom. The standard InChI is InChI=1S/C12H7Cl2N5OS/c13-6-3-7(14)5-8(4-6)19-11(17-18-12(19)21)9-1-2-10(20)16-15-9/h1-5H,(H,16,20)(H,18,21). The lowest BCUT2D eigenvalue weighted by Gasteiger charge is -2.07. The van der Waals surface area contributed by atoms with E-state index < -0.39 is 0 Å². The molecule has 0 unspecified atom stereocenters. The number of rotatable bonds is 2. The van der Waals surface area contributed by atoms with E-state index in [9.17, 15) is 4.79 Å². The molecule has 106 valence electrons. The molecule has 0 amide bonds. The van der Waals surface area contributed by atoms with Crippen LogP contribution in [0, 0.1) is 4.77 Å². The molecule has 0 saturated heterocycles. The highest BCUT2D eigenvalue weighted by Gasteiger charge is 2.13. The maximum atomic E-state index is 11.1. The molecule has 2 aromatic heterocycles. The van der Waals surface area contributed by atoms with Gasteiger partial charge in [-0.3, -0.25) is 14.5 Å². The Morgan fingerprint density at radius 3 is 2.38 bits per heavy atom. The molecule has 9 heteroatoms. The maximum Gasteiger partial charge on any atom is 0.264 e. The zero-order valence-electron chi connectivity index (χ0n) is 10.3. The third kappa shape index (κ3) is 2.76. The van der Waals surface area contributed by atoms with Crippen LogP contribution in [0.1, 0.15) is 0 Å². The minimum Gasteiger partial charge on any atom is -0.268 e. The van der Waals surface area contributed by atoms with Crippen LogP contribution in [0.15, 0.2) is 35.1 Å². The lowest BCUT2D eigenvalue weighted by molar-refractivity contribution is 0.959. The van der Waals surface area contributed by atoms with E-state index in [1.807, 2.05) is 0 Å². The molecule has 0 spiro atoms. The van der Waals surface area contributed by atoms with Gasteiger partial charge in [-0.1, -0.05) is 23.2 Å². The summed E-state index contributed by atoms with van der Waals surface area (Å²) in [5.41, 5.74) is 0.803. The van der Waals surface area contributed by atoms with Gasteiger partial charge in [-0.2, -0.15) is 10.2 Å². The first kappa shape index (κ1) is 14.0. The molecule has 0 aliphatic rings. The first-order chi connectivity index (χ1) is 10.0. The molecule has 0 fully saturated rings. The number of aromatic nitrogens is 5. The number of hydrogen-bond acceptors (Lipinski definition) is 4. The van der Waals surface area contributed by atoms with E-state index in [0.29, 0.717) is 32.0 Å². The predicted octanol–water partition coefficient (Wildman–Crippen LogP) is 2.99. The second-order valence-electron chi connectivity index (χ2n) is 4.12. The summed E-state index contributed by atoms with van der Waals surface area (Å²) in [6.07, 6.45) is 0. The average Bonchev–Trinajstić information content (AvgIpc) is 2.80. The van der Waals surface area contributed by atoms with Crippen LogP contribution in [-0.4, -0.2) is 25.0 Å². The van der Waals surface area contributed by atoms with E-state index in [4.69, 9.17) is 35.4 Å². The van der Waals surface area contributed by atoms with Gasteiger partial charge in [0.05, 0.1) is 5.69 Å². The number of nitrogens with one attached hydrogen (secondary N) is 2. The van der Waals surface area contributed by atoms with Gasteiger partial charge in [0.25, 0.3) is 5.56 Å². The van der Waals surface area contributed by atoms with E-state index in [2.05, 4.69) is 20.4 Å². The van der Waals surface area contributed by atoms with Gasteiger partial charge in [0.1, 0.15) is 5.69 Å². The molecule has 21 heavy (non-hydrogen) atoms. The summed E-state index contributed by atoms with van der Waals surface area (Å²) in [7, 11) is 0. The Kier molecular flexibility index (Phi) is 3.62. The van der Waals surface area contributed by atoms with E-state index in [0.717, 1.165) is 0 Å². The fraction of sp³-hybridized carbons (Fsp3) is 0. The summed E-state index contributed by atoms with van der Waals surface area (Å²) in [5.74, 6) is 0.439. The Morgan fingerprint density at radius 1 is 1.05 bits per heavy atom. The molecular weight excluding hydrogens is 333 g/mol. The molecule has 6 nitrogen and oxygen atoms in total. The first-order valence-electron chi connectivity index (χ1n) is 5.74. The van der Waals surface area contributed by atoms with E-state index in [1.165, 1.54) is 6.07 Å². The third-order valence-corrected chi connectivity index (χ3v) is 3.40. The summed E-state index contributed by atoms with van der Waals surface area (Å²) in [6, 6.07) is 7.93. The number of aromatic amines is 2. The van der Waals surface area contributed by atoms with Crippen LogP contribution in [-0.2, 0) is 0 Å². The van der Waals surface area contributed by atoms with Crippen LogP contribution in [0.25, 0.3) is 17.2 Å². The quantitative estimate of drug-likeness (QED) is 0.703. The van der Waals surface area contributed by atoms with Crippen molar-refractivity contribution in [3.05, 3.63) is 55.5 Å². The smallest absolute Gasteiger partial charge is 0.264 e. The zero-order chi connectivity index (χ0) is 15.0. The maximum absolute atomic E-state index is 11.1. The fourth-order valence-electron chi connectivity index (χ4n) is 1.85. The third-order valence-electron chi connectivity index (χ3n) is 2.69. The van der Waals surface area contributed by atoms with Crippen molar-refractivity contribution < 1.29 is 0 Å². The number of nitrogens with zero attached hydrogens (tertiary/aromatic N) is 3. The molecule has 0 aliphatic heterocycles. The molecule has 0 radical (unpaired) electrons. The zero-order valence-corrected chi connectivity index (χ0v) is 12.6. The van der Waals surface area contributed by atoms with Crippen molar-refractivity contribution in [1.29, 1.82) is 0 Å². The number of benzene rings is 1. The lowest BCUT2D eigenvalue weighted by Crippen LogP contribution is -2.07. The van der Waals surface area contributed by atoms with Crippen molar-refractivity contribution >= 4 is 35.4 Å². The van der Waals surface area contributed by atoms with Gasteiger partial charge in [-0.05, 0) is 36.5 Å². The minimum absolute atomic E-state index is 0.301. The second kappa shape index (κ2) is 5.44. The highest BCUT2D eigenvalue weighted by Crippen LogP contribution is 2.25. The summed E-state index contributed by atoms with van der Waals surface area (Å²) in [4.78, 5) is 11.1.